The van der Waals surface area contributed by atoms with E-state index in [0.717, 1.165) is 43.3 Å². The average Bonchev–Trinajstić information content (AvgIpc) is 2.91. The molecule has 0 radical (unpaired) electrons. The molecule has 2 heterocycles. The number of aromatic nitrogens is 2. The highest BCUT2D eigenvalue weighted by Gasteiger charge is 2.45. The van der Waals surface area contributed by atoms with Gasteiger partial charge in [-0.3, -0.25) is 4.98 Å². The predicted octanol–water partition coefficient (Wildman–Crippen LogP) is 6.01. The van der Waals surface area contributed by atoms with Crippen molar-refractivity contribution in [3.05, 3.63) is 87.1 Å². The van der Waals surface area contributed by atoms with E-state index in [-0.39, 0.29) is 0 Å². The number of benzene rings is 2. The smallest absolute Gasteiger partial charge is 0.217 e. The summed E-state index contributed by atoms with van der Waals surface area (Å²) in [5.41, 5.74) is 3.44. The Labute approximate surface area is 238 Å². The van der Waals surface area contributed by atoms with E-state index in [9.17, 15) is 5.11 Å². The van der Waals surface area contributed by atoms with Crippen molar-refractivity contribution in [3.8, 4) is 17.4 Å². The van der Waals surface area contributed by atoms with Gasteiger partial charge >= 0.3 is 0 Å². The van der Waals surface area contributed by atoms with Crippen molar-refractivity contribution in [2.45, 2.75) is 31.8 Å². The number of rotatable bonds is 10. The number of hydrogen-bond donors (Lipinski definition) is 1. The van der Waals surface area contributed by atoms with Gasteiger partial charge in [0.05, 0.1) is 32.8 Å². The molecule has 0 aliphatic heterocycles. The summed E-state index contributed by atoms with van der Waals surface area (Å²) in [6.07, 6.45) is 2.20. The number of aryl methyl sites for hydroxylation is 2. The van der Waals surface area contributed by atoms with Crippen molar-refractivity contribution in [2.24, 2.45) is 0 Å². The Kier molecular flexibility index (Phi) is 8.79. The van der Waals surface area contributed by atoms with Gasteiger partial charge in [0.1, 0.15) is 5.60 Å². The third kappa shape index (κ3) is 5.73. The molecule has 0 unspecified atom stereocenters. The molecule has 0 saturated carbocycles. The molecule has 7 nitrogen and oxygen atoms in total. The minimum Gasteiger partial charge on any atom is -0.493 e. The largest absolute Gasteiger partial charge is 0.493 e. The fraction of sp³-hybridized carbons (Fsp3) is 0.355. The van der Waals surface area contributed by atoms with Crippen molar-refractivity contribution in [2.75, 3.05) is 42.0 Å². The highest BCUT2D eigenvalue weighted by molar-refractivity contribution is 9.10. The first-order chi connectivity index (χ1) is 18.6. The molecule has 8 heteroatoms. The highest BCUT2D eigenvalue weighted by atomic mass is 79.9. The predicted molar refractivity (Wildman–Crippen MR) is 158 cm³/mol. The van der Waals surface area contributed by atoms with E-state index in [1.54, 1.807) is 27.5 Å². The van der Waals surface area contributed by atoms with E-state index in [1.807, 2.05) is 76.5 Å². The average molecular weight is 595 g/mol. The lowest BCUT2D eigenvalue weighted by Gasteiger charge is -2.40. The van der Waals surface area contributed by atoms with Crippen LogP contribution in [0.4, 0.5) is 0 Å². The zero-order valence-electron chi connectivity index (χ0n) is 23.6. The number of aliphatic hydroxyl groups is 1. The lowest BCUT2D eigenvalue weighted by molar-refractivity contribution is 0.00228. The van der Waals surface area contributed by atoms with E-state index in [1.165, 1.54) is 0 Å². The van der Waals surface area contributed by atoms with E-state index in [2.05, 4.69) is 25.8 Å². The minimum absolute atomic E-state index is 0.413. The van der Waals surface area contributed by atoms with Crippen LogP contribution in [0.2, 0.25) is 0 Å². The Hall–Kier alpha value is -3.20. The van der Waals surface area contributed by atoms with Crippen LogP contribution >= 0.6 is 15.9 Å². The molecule has 0 amide bonds. The van der Waals surface area contributed by atoms with Crippen LogP contribution in [-0.2, 0) is 5.60 Å². The van der Waals surface area contributed by atoms with Crippen molar-refractivity contribution in [1.29, 1.82) is 0 Å². The number of para-hydroxylation sites is 1. The Morgan fingerprint density at radius 1 is 0.974 bits per heavy atom. The fourth-order valence-electron chi connectivity index (χ4n) is 5.32. The number of hydrogen-bond acceptors (Lipinski definition) is 7. The summed E-state index contributed by atoms with van der Waals surface area (Å²) in [4.78, 5) is 11.5. The third-order valence-corrected chi connectivity index (χ3v) is 7.64. The Bertz CT molecular complexity index is 1480. The van der Waals surface area contributed by atoms with Gasteiger partial charge in [0, 0.05) is 45.0 Å². The second-order valence-corrected chi connectivity index (χ2v) is 11.0. The number of halogens is 1. The van der Waals surface area contributed by atoms with Gasteiger partial charge in [-0.2, -0.15) is 0 Å². The van der Waals surface area contributed by atoms with Crippen LogP contribution in [0.1, 0.15) is 40.3 Å². The zero-order chi connectivity index (χ0) is 28.3. The molecule has 4 rings (SSSR count). The molecule has 0 spiro atoms. The van der Waals surface area contributed by atoms with Gasteiger partial charge in [0.25, 0.3) is 0 Å². The summed E-state index contributed by atoms with van der Waals surface area (Å²) >= 11 is 3.59. The normalized spacial score (nSPS) is 13.8. The number of nitrogens with zero attached hydrogens (tertiary/aromatic N) is 3. The van der Waals surface area contributed by atoms with E-state index in [0.29, 0.717) is 30.3 Å². The van der Waals surface area contributed by atoms with Crippen molar-refractivity contribution < 1.29 is 19.3 Å². The zero-order valence-corrected chi connectivity index (χ0v) is 25.2. The molecule has 2 atom stereocenters. The van der Waals surface area contributed by atoms with Gasteiger partial charge in [0.2, 0.25) is 5.88 Å². The van der Waals surface area contributed by atoms with Crippen molar-refractivity contribution in [1.82, 2.24) is 14.9 Å². The molecule has 206 valence electrons. The second kappa shape index (κ2) is 11.9. The summed E-state index contributed by atoms with van der Waals surface area (Å²) < 4.78 is 18.4. The van der Waals surface area contributed by atoms with Crippen LogP contribution in [0.15, 0.2) is 59.2 Å². The molecule has 1 N–H and O–H groups in total. The third-order valence-electron chi connectivity index (χ3n) is 7.15. The number of ether oxygens (including phenoxy) is 3. The van der Waals surface area contributed by atoms with Crippen molar-refractivity contribution >= 4 is 26.8 Å². The summed E-state index contributed by atoms with van der Waals surface area (Å²) in [5, 5.41) is 14.0. The molecule has 0 aliphatic rings. The van der Waals surface area contributed by atoms with E-state index >= 15 is 0 Å². The fourth-order valence-corrected chi connectivity index (χ4v) is 5.69. The van der Waals surface area contributed by atoms with Crippen molar-refractivity contribution in [3.63, 3.8) is 0 Å². The van der Waals surface area contributed by atoms with Crippen LogP contribution in [0.3, 0.4) is 0 Å². The van der Waals surface area contributed by atoms with E-state index < -0.39 is 11.5 Å². The van der Waals surface area contributed by atoms with Gasteiger partial charge in [-0.1, -0.05) is 28.1 Å². The molecular weight excluding hydrogens is 558 g/mol. The molecule has 2 aromatic heterocycles. The quantitative estimate of drug-likeness (QED) is 0.241. The molecule has 0 saturated heterocycles. The second-order valence-electron chi connectivity index (χ2n) is 10.1. The summed E-state index contributed by atoms with van der Waals surface area (Å²) in [5.74, 6) is 0.906. The standard InChI is InChI=1S/C31H36BrN3O4/c1-19-15-20(2)33-18-25(19)31(36,13-14-35(3)4)28(23-9-8-10-27(37-5)29(23)38-6)24-17-21-16-22(32)11-12-26(21)34-30(24)39-7/h8-12,15-18,28,36H,13-14H2,1-7H3/t28-,31-/m1/s1. The first-order valence-electron chi connectivity index (χ1n) is 12.8. The summed E-state index contributed by atoms with van der Waals surface area (Å²) in [6, 6.07) is 15.7. The maximum Gasteiger partial charge on any atom is 0.217 e. The van der Waals surface area contributed by atoms with Gasteiger partial charge < -0.3 is 24.2 Å². The highest BCUT2D eigenvalue weighted by Crippen LogP contribution is 2.51. The van der Waals surface area contributed by atoms with Gasteiger partial charge in [-0.15, -0.1) is 0 Å². The Morgan fingerprint density at radius 3 is 2.38 bits per heavy atom. The number of methoxy groups -OCH3 is 3. The van der Waals surface area contributed by atoms with Gasteiger partial charge in [-0.05, 0) is 76.3 Å². The van der Waals surface area contributed by atoms with Crippen LogP contribution in [0, 0.1) is 13.8 Å². The first kappa shape index (κ1) is 28.8. The van der Waals surface area contributed by atoms with Gasteiger partial charge in [-0.25, -0.2) is 4.98 Å². The molecule has 0 bridgehead atoms. The maximum atomic E-state index is 13.0. The molecule has 0 aliphatic carbocycles. The monoisotopic (exact) mass is 593 g/mol. The van der Waals surface area contributed by atoms with Crippen LogP contribution in [-0.4, -0.2) is 61.9 Å². The number of pyridine rings is 2. The molecular formula is C31H36BrN3O4. The molecule has 2 aromatic carbocycles. The van der Waals surface area contributed by atoms with Crippen LogP contribution in [0.5, 0.6) is 17.4 Å². The van der Waals surface area contributed by atoms with E-state index in [4.69, 9.17) is 19.2 Å². The lowest BCUT2D eigenvalue weighted by atomic mass is 9.70. The minimum atomic E-state index is -1.41. The lowest BCUT2D eigenvalue weighted by Crippen LogP contribution is -2.38. The van der Waals surface area contributed by atoms with Crippen LogP contribution < -0.4 is 14.2 Å². The molecule has 0 fully saturated rings. The summed E-state index contributed by atoms with van der Waals surface area (Å²) in [6.45, 7) is 4.59. The first-order valence-corrected chi connectivity index (χ1v) is 13.6. The van der Waals surface area contributed by atoms with Crippen LogP contribution in [0.25, 0.3) is 10.9 Å². The van der Waals surface area contributed by atoms with Gasteiger partial charge in [0.15, 0.2) is 11.5 Å². The number of fused-ring (bicyclic) bond motifs is 1. The summed E-state index contributed by atoms with van der Waals surface area (Å²) in [7, 11) is 8.82. The SMILES string of the molecule is COc1cccc([C@H](c2cc3cc(Br)ccc3nc2OC)[C@@](O)(CCN(C)C)c2cnc(C)cc2C)c1OC. The topological polar surface area (TPSA) is 76.9 Å². The molecule has 4 aromatic rings. The maximum absolute atomic E-state index is 13.0. The molecule has 39 heavy (non-hydrogen) atoms. The Balaban J connectivity index is 2.13. The Morgan fingerprint density at radius 2 is 1.74 bits per heavy atom.